The van der Waals surface area contributed by atoms with Crippen molar-refractivity contribution in [3.63, 3.8) is 0 Å². The minimum Gasteiger partial charge on any atom is -0.383 e. The van der Waals surface area contributed by atoms with Crippen molar-refractivity contribution in [2.24, 2.45) is 0 Å². The Morgan fingerprint density at radius 1 is 0.976 bits per heavy atom. The molecule has 4 aromatic rings. The van der Waals surface area contributed by atoms with Crippen LogP contribution in [0.1, 0.15) is 10.4 Å². The van der Waals surface area contributed by atoms with E-state index in [1.54, 1.807) is 36.0 Å². The van der Waals surface area contributed by atoms with Crippen LogP contribution in [0.4, 0.5) is 15.8 Å². The molecule has 1 unspecified atom stereocenters. The second-order valence-electron chi connectivity index (χ2n) is 8.88. The van der Waals surface area contributed by atoms with Gasteiger partial charge in [-0.3, -0.25) is 14.9 Å². The molecule has 0 fully saturated rings. The molecule has 0 saturated heterocycles. The van der Waals surface area contributed by atoms with Crippen molar-refractivity contribution < 1.29 is 27.3 Å². The van der Waals surface area contributed by atoms with Gasteiger partial charge in [0, 0.05) is 29.4 Å². The Kier molecular flexibility index (Phi) is 9.71. The lowest BCUT2D eigenvalue weighted by Gasteiger charge is -2.19. The van der Waals surface area contributed by atoms with Crippen LogP contribution in [-0.2, 0) is 14.8 Å². The maximum Gasteiger partial charge on any atom is 0.293 e. The topological polar surface area (TPSA) is 128 Å². The van der Waals surface area contributed by atoms with Crippen LogP contribution in [0, 0.1) is 15.9 Å². The molecule has 0 heterocycles. The van der Waals surface area contributed by atoms with Gasteiger partial charge in [-0.15, -0.1) is 11.8 Å². The number of thioether (sulfide) groups is 1. The van der Waals surface area contributed by atoms with Crippen LogP contribution >= 0.6 is 11.8 Å². The average molecular weight is 596 g/mol. The molecule has 12 heteroatoms. The molecule has 0 spiro atoms. The first-order valence-electron chi connectivity index (χ1n) is 12.3. The zero-order valence-electron chi connectivity index (χ0n) is 21.8. The monoisotopic (exact) mass is 595 g/mol. The fraction of sp³-hybridized carbons (Fsp3) is 0.138. The number of carbonyl (C=O) groups excluding carboxylic acids is 1. The number of carbonyl (C=O) groups is 1. The number of sulfonamides is 1. The standard InChI is InChI=1S/C29H26FN3O6S2/c1-39-18-24(19-40-25-5-3-2-4-6-25)31-27-16-15-26(17-28(27)33(35)36)41(37,38)32-29(34)22-9-7-20(8-10-22)21-11-13-23(30)14-12-21/h2-17,24,31H,18-19H2,1H3,(H,32,34). The molecule has 1 amide bonds. The molecular formula is C29H26FN3O6S2. The molecule has 2 N–H and O–H groups in total. The van der Waals surface area contributed by atoms with Crippen LogP contribution in [0.2, 0.25) is 0 Å². The Morgan fingerprint density at radius 3 is 2.22 bits per heavy atom. The van der Waals surface area contributed by atoms with Crippen molar-refractivity contribution in [3.8, 4) is 11.1 Å². The van der Waals surface area contributed by atoms with Gasteiger partial charge >= 0.3 is 0 Å². The van der Waals surface area contributed by atoms with Crippen molar-refractivity contribution in [1.82, 2.24) is 4.72 Å². The largest absolute Gasteiger partial charge is 0.383 e. The van der Waals surface area contributed by atoms with Gasteiger partial charge in [0.1, 0.15) is 11.5 Å². The van der Waals surface area contributed by atoms with Gasteiger partial charge in [-0.05, 0) is 59.7 Å². The molecule has 0 aliphatic rings. The van der Waals surface area contributed by atoms with Crippen LogP contribution in [0.25, 0.3) is 11.1 Å². The Morgan fingerprint density at radius 2 is 1.61 bits per heavy atom. The van der Waals surface area contributed by atoms with E-state index in [0.717, 1.165) is 16.5 Å². The summed E-state index contributed by atoms with van der Waals surface area (Å²) in [7, 11) is -2.92. The lowest BCUT2D eigenvalue weighted by atomic mass is 10.0. The summed E-state index contributed by atoms with van der Waals surface area (Å²) >= 11 is 1.54. The molecule has 212 valence electrons. The van der Waals surface area contributed by atoms with Crippen molar-refractivity contribution in [3.05, 3.63) is 119 Å². The molecule has 0 saturated carbocycles. The van der Waals surface area contributed by atoms with Crippen LogP contribution in [-0.4, -0.2) is 44.8 Å². The third kappa shape index (κ3) is 7.91. The second-order valence-corrected chi connectivity index (χ2v) is 11.7. The number of hydrogen-bond donors (Lipinski definition) is 2. The molecule has 9 nitrogen and oxygen atoms in total. The van der Waals surface area contributed by atoms with Crippen LogP contribution in [0.3, 0.4) is 0 Å². The molecule has 1 atom stereocenters. The van der Waals surface area contributed by atoms with Gasteiger partial charge in [0.2, 0.25) is 0 Å². The van der Waals surface area contributed by atoms with E-state index in [0.29, 0.717) is 11.3 Å². The van der Waals surface area contributed by atoms with E-state index < -0.39 is 31.4 Å². The number of amides is 1. The highest BCUT2D eigenvalue weighted by atomic mass is 32.2. The van der Waals surface area contributed by atoms with Crippen molar-refractivity contribution in [2.75, 3.05) is 24.8 Å². The van der Waals surface area contributed by atoms with Gasteiger partial charge in [-0.25, -0.2) is 17.5 Å². The first-order valence-corrected chi connectivity index (χ1v) is 14.8. The maximum absolute atomic E-state index is 13.2. The second kappa shape index (κ2) is 13.4. The Hall–Kier alpha value is -4.26. The number of hydrogen-bond acceptors (Lipinski definition) is 8. The number of methoxy groups -OCH3 is 1. The highest BCUT2D eigenvalue weighted by Gasteiger charge is 2.25. The fourth-order valence-electron chi connectivity index (χ4n) is 3.91. The third-order valence-corrected chi connectivity index (χ3v) is 8.45. The number of nitrogens with zero attached hydrogens (tertiary/aromatic N) is 1. The van der Waals surface area contributed by atoms with Crippen LogP contribution in [0.15, 0.2) is 107 Å². The number of rotatable bonds is 12. The zero-order chi connectivity index (χ0) is 29.4. The van der Waals surface area contributed by atoms with Crippen molar-refractivity contribution in [1.29, 1.82) is 0 Å². The van der Waals surface area contributed by atoms with Crippen molar-refractivity contribution in [2.45, 2.75) is 15.8 Å². The van der Waals surface area contributed by atoms with Crippen LogP contribution < -0.4 is 10.0 Å². The lowest BCUT2D eigenvalue weighted by molar-refractivity contribution is -0.384. The lowest BCUT2D eigenvalue weighted by Crippen LogP contribution is -2.31. The summed E-state index contributed by atoms with van der Waals surface area (Å²) in [4.78, 5) is 24.5. The summed E-state index contributed by atoms with van der Waals surface area (Å²) in [6.07, 6.45) is 0. The van der Waals surface area contributed by atoms with Gasteiger partial charge in [-0.1, -0.05) is 42.5 Å². The number of anilines is 1. The quantitative estimate of drug-likeness (QED) is 0.121. The molecule has 0 radical (unpaired) electrons. The van der Waals surface area contributed by atoms with E-state index in [2.05, 4.69) is 5.32 Å². The summed E-state index contributed by atoms with van der Waals surface area (Å²) < 4.78 is 46.3. The number of ether oxygens (including phenoxy) is 1. The highest BCUT2D eigenvalue weighted by molar-refractivity contribution is 7.99. The number of halogens is 1. The highest BCUT2D eigenvalue weighted by Crippen LogP contribution is 2.29. The first kappa shape index (κ1) is 29.7. The molecule has 0 aromatic heterocycles. The van der Waals surface area contributed by atoms with E-state index in [1.165, 1.54) is 43.5 Å². The predicted molar refractivity (Wildman–Crippen MR) is 156 cm³/mol. The molecular weight excluding hydrogens is 569 g/mol. The Bertz CT molecular complexity index is 1620. The molecule has 0 aliphatic carbocycles. The predicted octanol–water partition coefficient (Wildman–Crippen LogP) is 5.74. The van der Waals surface area contributed by atoms with Gasteiger partial charge < -0.3 is 10.1 Å². The molecule has 4 rings (SSSR count). The fourth-order valence-corrected chi connectivity index (χ4v) is 5.83. The van der Waals surface area contributed by atoms with E-state index in [4.69, 9.17) is 4.74 Å². The van der Waals surface area contributed by atoms with Gasteiger partial charge in [0.05, 0.1) is 22.5 Å². The number of nitro benzene ring substituents is 1. The minimum absolute atomic E-state index is 0.0607. The smallest absolute Gasteiger partial charge is 0.293 e. The van der Waals surface area contributed by atoms with Gasteiger partial charge in [0.15, 0.2) is 0 Å². The summed E-state index contributed by atoms with van der Waals surface area (Å²) in [5, 5.41) is 14.9. The number of nitro groups is 1. The minimum atomic E-state index is -4.43. The normalized spacial score (nSPS) is 12.0. The molecule has 41 heavy (non-hydrogen) atoms. The maximum atomic E-state index is 13.2. The molecule has 0 aliphatic heterocycles. The molecule has 0 bridgehead atoms. The summed E-state index contributed by atoms with van der Waals surface area (Å²) in [5.74, 6) is -0.750. The average Bonchev–Trinajstić information content (AvgIpc) is 2.97. The van der Waals surface area contributed by atoms with Crippen LogP contribution in [0.5, 0.6) is 0 Å². The summed E-state index contributed by atoms with van der Waals surface area (Å²) in [6.45, 7) is 0.257. The van der Waals surface area contributed by atoms with E-state index in [9.17, 15) is 27.7 Å². The Balaban J connectivity index is 1.48. The number of nitrogens with one attached hydrogen (secondary N) is 2. The van der Waals surface area contributed by atoms with E-state index >= 15 is 0 Å². The SMILES string of the molecule is COCC(CSc1ccccc1)Nc1ccc(S(=O)(=O)NC(=O)c2ccc(-c3ccc(F)cc3)cc2)cc1[N+](=O)[O-]. The zero-order valence-corrected chi connectivity index (χ0v) is 23.5. The van der Waals surface area contributed by atoms with Gasteiger partial charge in [0.25, 0.3) is 21.6 Å². The summed E-state index contributed by atoms with van der Waals surface area (Å²) in [6, 6.07) is 24.6. The van der Waals surface area contributed by atoms with Crippen molar-refractivity contribution >= 4 is 39.1 Å². The van der Waals surface area contributed by atoms with E-state index in [-0.39, 0.29) is 29.7 Å². The third-order valence-electron chi connectivity index (χ3n) is 5.95. The first-order chi connectivity index (χ1) is 19.7. The summed E-state index contributed by atoms with van der Waals surface area (Å²) in [5.41, 5.74) is 1.14. The molecule has 4 aromatic carbocycles. The Labute approximate surface area is 241 Å². The van der Waals surface area contributed by atoms with Gasteiger partial charge in [-0.2, -0.15) is 0 Å². The number of benzene rings is 4. The van der Waals surface area contributed by atoms with E-state index in [1.807, 2.05) is 35.1 Å².